The average molecular weight is 266 g/mol. The topological polar surface area (TPSA) is 41.1 Å². The Balaban J connectivity index is 1.85. The summed E-state index contributed by atoms with van der Waals surface area (Å²) in [5, 5.41) is 6.68. The summed E-state index contributed by atoms with van der Waals surface area (Å²) in [4.78, 5) is 12.6. The van der Waals surface area contributed by atoms with Gasteiger partial charge in [0.2, 0.25) is 5.91 Å². The van der Waals surface area contributed by atoms with Crippen LogP contribution in [0.15, 0.2) is 0 Å². The van der Waals surface area contributed by atoms with Crippen LogP contribution in [0.3, 0.4) is 0 Å². The number of piperidine rings is 1. The minimum atomic E-state index is -0.128. The number of nitrogens with one attached hydrogen (secondary N) is 2. The molecule has 0 aromatic carbocycles. The van der Waals surface area contributed by atoms with E-state index >= 15 is 0 Å². The number of hydrogen-bond donors (Lipinski definition) is 2. The molecule has 1 amide bonds. The van der Waals surface area contributed by atoms with Crippen molar-refractivity contribution < 1.29 is 4.79 Å². The molecule has 0 aromatic heterocycles. The third-order valence-electron chi connectivity index (χ3n) is 5.04. The predicted octanol–water partition coefficient (Wildman–Crippen LogP) is 2.71. The van der Waals surface area contributed by atoms with Gasteiger partial charge in [0.1, 0.15) is 0 Å². The molecule has 3 atom stereocenters. The minimum Gasteiger partial charge on any atom is -0.355 e. The monoisotopic (exact) mass is 266 g/mol. The highest BCUT2D eigenvalue weighted by molar-refractivity contribution is 5.83. The van der Waals surface area contributed by atoms with Gasteiger partial charge in [-0.05, 0) is 50.5 Å². The summed E-state index contributed by atoms with van der Waals surface area (Å²) >= 11 is 0. The summed E-state index contributed by atoms with van der Waals surface area (Å²) in [7, 11) is 0. The van der Waals surface area contributed by atoms with Gasteiger partial charge in [-0.3, -0.25) is 4.79 Å². The standard InChI is InChI=1S/C16H30N2O/c1-3-7-16(8-4-9-17-12-16)15(19)18-11-14-6-5-13(2)10-14/h13-14,17H,3-12H2,1-2H3,(H,18,19). The zero-order valence-electron chi connectivity index (χ0n) is 12.6. The van der Waals surface area contributed by atoms with Gasteiger partial charge >= 0.3 is 0 Å². The lowest BCUT2D eigenvalue weighted by Crippen LogP contribution is -2.51. The molecular weight excluding hydrogens is 236 g/mol. The second-order valence-electron chi connectivity index (χ2n) is 6.80. The van der Waals surface area contributed by atoms with Gasteiger partial charge in [-0.2, -0.15) is 0 Å². The van der Waals surface area contributed by atoms with E-state index in [0.717, 1.165) is 51.2 Å². The maximum atomic E-state index is 12.6. The Morgan fingerprint density at radius 3 is 2.84 bits per heavy atom. The zero-order chi connectivity index (χ0) is 13.7. The van der Waals surface area contributed by atoms with Crippen LogP contribution >= 0.6 is 0 Å². The van der Waals surface area contributed by atoms with Crippen molar-refractivity contribution in [2.75, 3.05) is 19.6 Å². The lowest BCUT2D eigenvalue weighted by molar-refractivity contribution is -0.132. The van der Waals surface area contributed by atoms with Gasteiger partial charge < -0.3 is 10.6 Å². The number of carbonyl (C=O) groups excluding carboxylic acids is 1. The molecule has 0 bridgehead atoms. The van der Waals surface area contributed by atoms with Crippen molar-refractivity contribution in [2.24, 2.45) is 17.3 Å². The first kappa shape index (κ1) is 14.8. The highest BCUT2D eigenvalue weighted by Crippen LogP contribution is 2.33. The highest BCUT2D eigenvalue weighted by atomic mass is 16.2. The molecule has 0 spiro atoms. The van der Waals surface area contributed by atoms with Gasteiger partial charge in [0.05, 0.1) is 5.41 Å². The molecule has 110 valence electrons. The lowest BCUT2D eigenvalue weighted by Gasteiger charge is -2.36. The Morgan fingerprint density at radius 2 is 2.26 bits per heavy atom. The van der Waals surface area contributed by atoms with Crippen molar-refractivity contribution in [3.05, 3.63) is 0 Å². The molecule has 2 fully saturated rings. The third-order valence-corrected chi connectivity index (χ3v) is 5.04. The molecule has 2 N–H and O–H groups in total. The molecule has 0 aromatic rings. The van der Waals surface area contributed by atoms with Crippen LogP contribution in [-0.2, 0) is 4.79 Å². The quantitative estimate of drug-likeness (QED) is 0.803. The van der Waals surface area contributed by atoms with Gasteiger partial charge in [0, 0.05) is 13.1 Å². The van der Waals surface area contributed by atoms with Gasteiger partial charge in [-0.25, -0.2) is 0 Å². The molecule has 19 heavy (non-hydrogen) atoms. The summed E-state index contributed by atoms with van der Waals surface area (Å²) in [5.74, 6) is 1.87. The molecule has 0 radical (unpaired) electrons. The number of hydrogen-bond acceptors (Lipinski definition) is 2. The van der Waals surface area contributed by atoms with Crippen LogP contribution in [0.1, 0.15) is 58.8 Å². The smallest absolute Gasteiger partial charge is 0.227 e. The Kier molecular flexibility index (Phi) is 5.26. The molecule has 2 aliphatic rings. The summed E-state index contributed by atoms with van der Waals surface area (Å²) < 4.78 is 0. The largest absolute Gasteiger partial charge is 0.355 e. The van der Waals surface area contributed by atoms with Crippen molar-refractivity contribution >= 4 is 5.91 Å². The van der Waals surface area contributed by atoms with Crippen LogP contribution in [-0.4, -0.2) is 25.5 Å². The number of carbonyl (C=O) groups is 1. The molecule has 3 unspecified atom stereocenters. The van der Waals surface area contributed by atoms with Gasteiger partial charge in [-0.15, -0.1) is 0 Å². The molecule has 3 heteroatoms. The van der Waals surface area contributed by atoms with Crippen molar-refractivity contribution in [3.8, 4) is 0 Å². The van der Waals surface area contributed by atoms with E-state index in [1.54, 1.807) is 0 Å². The first-order valence-corrected chi connectivity index (χ1v) is 8.15. The van der Waals surface area contributed by atoms with Crippen LogP contribution in [0.25, 0.3) is 0 Å². The number of amides is 1. The van der Waals surface area contributed by atoms with E-state index in [2.05, 4.69) is 24.5 Å². The zero-order valence-corrected chi connectivity index (χ0v) is 12.6. The fourth-order valence-corrected chi connectivity index (χ4v) is 3.90. The second-order valence-corrected chi connectivity index (χ2v) is 6.80. The molecule has 1 saturated heterocycles. The van der Waals surface area contributed by atoms with Crippen LogP contribution in [0, 0.1) is 17.3 Å². The SMILES string of the molecule is CCCC1(C(=O)NCC2CCC(C)C2)CCCNC1. The van der Waals surface area contributed by atoms with E-state index in [4.69, 9.17) is 0 Å². The first-order valence-electron chi connectivity index (χ1n) is 8.15. The van der Waals surface area contributed by atoms with E-state index in [1.807, 2.05) is 0 Å². The van der Waals surface area contributed by atoms with Gasteiger partial charge in [-0.1, -0.05) is 26.7 Å². The average Bonchev–Trinajstić information content (AvgIpc) is 2.83. The first-order chi connectivity index (χ1) is 9.16. The molecule has 2 rings (SSSR count). The maximum absolute atomic E-state index is 12.6. The molecule has 1 saturated carbocycles. The van der Waals surface area contributed by atoms with E-state index in [-0.39, 0.29) is 5.41 Å². The molecule has 1 aliphatic heterocycles. The van der Waals surface area contributed by atoms with Crippen molar-refractivity contribution in [1.82, 2.24) is 10.6 Å². The summed E-state index contributed by atoms with van der Waals surface area (Å²) in [5.41, 5.74) is -0.128. The molecule has 1 aliphatic carbocycles. The Bertz CT molecular complexity index is 292. The van der Waals surface area contributed by atoms with Crippen molar-refractivity contribution in [2.45, 2.75) is 58.8 Å². The fraction of sp³-hybridized carbons (Fsp3) is 0.938. The van der Waals surface area contributed by atoms with Gasteiger partial charge in [0.25, 0.3) is 0 Å². The Hall–Kier alpha value is -0.570. The van der Waals surface area contributed by atoms with E-state index in [1.165, 1.54) is 19.3 Å². The Morgan fingerprint density at radius 1 is 1.42 bits per heavy atom. The lowest BCUT2D eigenvalue weighted by atomic mass is 9.76. The normalized spacial score (nSPS) is 35.3. The summed E-state index contributed by atoms with van der Waals surface area (Å²) in [6, 6.07) is 0. The maximum Gasteiger partial charge on any atom is 0.227 e. The van der Waals surface area contributed by atoms with E-state index in [0.29, 0.717) is 11.8 Å². The molecule has 1 heterocycles. The van der Waals surface area contributed by atoms with Crippen molar-refractivity contribution in [3.63, 3.8) is 0 Å². The van der Waals surface area contributed by atoms with Crippen LogP contribution in [0.2, 0.25) is 0 Å². The number of rotatable bonds is 5. The van der Waals surface area contributed by atoms with Crippen LogP contribution < -0.4 is 10.6 Å². The Labute approximate surface area is 117 Å². The van der Waals surface area contributed by atoms with E-state index in [9.17, 15) is 4.79 Å². The van der Waals surface area contributed by atoms with Gasteiger partial charge in [0.15, 0.2) is 0 Å². The third kappa shape index (κ3) is 3.71. The van der Waals surface area contributed by atoms with Crippen LogP contribution in [0.5, 0.6) is 0 Å². The molecular formula is C16H30N2O. The highest BCUT2D eigenvalue weighted by Gasteiger charge is 2.38. The second kappa shape index (κ2) is 6.74. The summed E-state index contributed by atoms with van der Waals surface area (Å²) in [6.45, 7) is 7.34. The van der Waals surface area contributed by atoms with Crippen LogP contribution in [0.4, 0.5) is 0 Å². The molecule has 3 nitrogen and oxygen atoms in total. The van der Waals surface area contributed by atoms with E-state index < -0.39 is 0 Å². The fourth-order valence-electron chi connectivity index (χ4n) is 3.90. The summed E-state index contributed by atoms with van der Waals surface area (Å²) in [6.07, 6.45) is 8.22. The minimum absolute atomic E-state index is 0.128. The van der Waals surface area contributed by atoms with Crippen molar-refractivity contribution in [1.29, 1.82) is 0 Å². The predicted molar refractivity (Wildman–Crippen MR) is 79.0 cm³/mol.